The number of hydrogen-bond donors (Lipinski definition) is 2. The van der Waals surface area contributed by atoms with Gasteiger partial charge in [0.15, 0.2) is 6.23 Å². The molecule has 1 unspecified atom stereocenters. The van der Waals surface area contributed by atoms with Gasteiger partial charge in [-0.25, -0.2) is 0 Å². The van der Waals surface area contributed by atoms with Crippen LogP contribution in [0.15, 0.2) is 28.3 Å². The van der Waals surface area contributed by atoms with Crippen molar-refractivity contribution in [2.24, 2.45) is 10.4 Å². The molecule has 0 aromatic carbocycles. The lowest BCUT2D eigenvalue weighted by atomic mass is 9.82. The standard InChI is InChI=1S/C15H22ClN3O2/c1-6-7-15(3,4)10(18-5)8-11(17)19-13(20)9(2)12(16)14(19)21/h6,13,17,20H,1,7-8H2,2-5H3. The molecule has 1 aliphatic heterocycles. The van der Waals surface area contributed by atoms with Crippen LogP contribution in [0.2, 0.25) is 0 Å². The molecular formula is C15H22ClN3O2. The van der Waals surface area contributed by atoms with Gasteiger partial charge in [-0.1, -0.05) is 31.5 Å². The highest BCUT2D eigenvalue weighted by molar-refractivity contribution is 6.44. The smallest absolute Gasteiger partial charge is 0.273 e. The number of halogens is 1. The zero-order valence-corrected chi connectivity index (χ0v) is 13.7. The molecule has 1 heterocycles. The number of aliphatic hydroxyl groups is 1. The Morgan fingerprint density at radius 2 is 2.19 bits per heavy atom. The van der Waals surface area contributed by atoms with Crippen molar-refractivity contribution in [3.8, 4) is 0 Å². The quantitative estimate of drug-likeness (QED) is 0.465. The van der Waals surface area contributed by atoms with Crippen LogP contribution >= 0.6 is 11.6 Å². The lowest BCUT2D eigenvalue weighted by Crippen LogP contribution is -2.42. The van der Waals surface area contributed by atoms with Gasteiger partial charge in [0, 0.05) is 30.2 Å². The fraction of sp³-hybridized carbons (Fsp3) is 0.533. The zero-order valence-electron chi connectivity index (χ0n) is 12.9. The predicted octanol–water partition coefficient (Wildman–Crippen LogP) is 2.70. The molecule has 0 saturated heterocycles. The normalized spacial score (nSPS) is 20.3. The highest BCUT2D eigenvalue weighted by Gasteiger charge is 2.38. The Balaban J connectivity index is 2.92. The monoisotopic (exact) mass is 311 g/mol. The van der Waals surface area contributed by atoms with Crippen LogP contribution in [-0.4, -0.2) is 40.7 Å². The number of carbonyl (C=O) groups is 1. The summed E-state index contributed by atoms with van der Waals surface area (Å²) >= 11 is 5.85. The van der Waals surface area contributed by atoms with Crippen molar-refractivity contribution >= 4 is 29.1 Å². The topological polar surface area (TPSA) is 76.8 Å². The maximum atomic E-state index is 12.0. The van der Waals surface area contributed by atoms with Crippen LogP contribution in [0.1, 0.15) is 33.6 Å². The van der Waals surface area contributed by atoms with E-state index in [2.05, 4.69) is 11.6 Å². The minimum Gasteiger partial charge on any atom is -0.369 e. The average Bonchev–Trinajstić information content (AvgIpc) is 2.60. The summed E-state index contributed by atoms with van der Waals surface area (Å²) in [4.78, 5) is 17.2. The van der Waals surface area contributed by atoms with E-state index >= 15 is 0 Å². The van der Waals surface area contributed by atoms with Crippen molar-refractivity contribution in [2.45, 2.75) is 39.8 Å². The van der Waals surface area contributed by atoms with Gasteiger partial charge >= 0.3 is 0 Å². The van der Waals surface area contributed by atoms with Crippen molar-refractivity contribution in [2.75, 3.05) is 7.05 Å². The van der Waals surface area contributed by atoms with E-state index < -0.39 is 12.1 Å². The molecule has 6 heteroatoms. The van der Waals surface area contributed by atoms with E-state index in [1.807, 2.05) is 13.8 Å². The molecule has 0 aromatic heterocycles. The third kappa shape index (κ3) is 3.41. The molecule has 21 heavy (non-hydrogen) atoms. The number of nitrogens with zero attached hydrogens (tertiary/aromatic N) is 2. The van der Waals surface area contributed by atoms with Gasteiger partial charge in [0.1, 0.15) is 10.9 Å². The molecule has 1 amide bonds. The molecule has 0 aromatic rings. The van der Waals surface area contributed by atoms with Crippen LogP contribution in [0.25, 0.3) is 0 Å². The highest BCUT2D eigenvalue weighted by Crippen LogP contribution is 2.30. The fourth-order valence-corrected chi connectivity index (χ4v) is 2.49. The van der Waals surface area contributed by atoms with Crippen LogP contribution in [0.5, 0.6) is 0 Å². The van der Waals surface area contributed by atoms with Crippen molar-refractivity contribution < 1.29 is 9.90 Å². The van der Waals surface area contributed by atoms with Gasteiger partial charge in [-0.15, -0.1) is 6.58 Å². The Labute approximate surface area is 130 Å². The number of nitrogens with one attached hydrogen (secondary N) is 1. The lowest BCUT2D eigenvalue weighted by molar-refractivity contribution is -0.125. The summed E-state index contributed by atoms with van der Waals surface area (Å²) in [7, 11) is 1.66. The van der Waals surface area contributed by atoms with Gasteiger partial charge in [-0.3, -0.25) is 20.1 Å². The van der Waals surface area contributed by atoms with Crippen LogP contribution in [0.4, 0.5) is 0 Å². The summed E-state index contributed by atoms with van der Waals surface area (Å²) in [6.07, 6.45) is 1.52. The highest BCUT2D eigenvalue weighted by atomic mass is 35.5. The molecule has 5 nitrogen and oxygen atoms in total. The Morgan fingerprint density at radius 1 is 1.62 bits per heavy atom. The van der Waals surface area contributed by atoms with Gasteiger partial charge in [0.2, 0.25) is 0 Å². The average molecular weight is 312 g/mol. The van der Waals surface area contributed by atoms with Crippen LogP contribution in [0, 0.1) is 10.8 Å². The zero-order chi connectivity index (χ0) is 16.4. The molecule has 0 fully saturated rings. The van der Waals surface area contributed by atoms with Crippen LogP contribution < -0.4 is 0 Å². The Hall–Kier alpha value is -1.46. The van der Waals surface area contributed by atoms with E-state index in [1.165, 1.54) is 0 Å². The van der Waals surface area contributed by atoms with E-state index in [4.69, 9.17) is 17.0 Å². The largest absolute Gasteiger partial charge is 0.369 e. The molecule has 0 spiro atoms. The number of carbonyl (C=O) groups excluding carboxylic acids is 1. The van der Waals surface area contributed by atoms with Gasteiger partial charge in [0.25, 0.3) is 5.91 Å². The van der Waals surface area contributed by atoms with E-state index in [0.29, 0.717) is 12.0 Å². The first-order chi connectivity index (χ1) is 9.67. The molecular weight excluding hydrogens is 290 g/mol. The van der Waals surface area contributed by atoms with Crippen LogP contribution in [-0.2, 0) is 4.79 Å². The van der Waals surface area contributed by atoms with Crippen molar-refractivity contribution in [1.29, 1.82) is 5.41 Å². The molecule has 116 valence electrons. The van der Waals surface area contributed by atoms with E-state index in [-0.39, 0.29) is 22.7 Å². The van der Waals surface area contributed by atoms with E-state index in [9.17, 15) is 9.90 Å². The number of hydrogen-bond acceptors (Lipinski definition) is 4. The first-order valence-corrected chi connectivity index (χ1v) is 7.07. The minimum absolute atomic E-state index is 0.0137. The number of aliphatic hydroxyl groups excluding tert-OH is 1. The maximum Gasteiger partial charge on any atom is 0.273 e. The molecule has 1 rings (SSSR count). The second-order valence-electron chi connectivity index (χ2n) is 5.72. The molecule has 0 bridgehead atoms. The molecule has 2 N–H and O–H groups in total. The van der Waals surface area contributed by atoms with E-state index in [0.717, 1.165) is 10.6 Å². The third-order valence-electron chi connectivity index (χ3n) is 3.72. The maximum absolute atomic E-state index is 12.0. The van der Waals surface area contributed by atoms with Crippen LogP contribution in [0.3, 0.4) is 0 Å². The van der Waals surface area contributed by atoms with Gasteiger partial charge in [0.05, 0.1) is 0 Å². The molecule has 1 aliphatic rings. The van der Waals surface area contributed by atoms with Gasteiger partial charge in [-0.05, 0) is 13.3 Å². The SMILES string of the molecule is C=CCC(C)(C)C(CC(=N)N1C(=O)C(Cl)=C(C)C1O)=NC. The Morgan fingerprint density at radius 3 is 2.57 bits per heavy atom. The first-order valence-electron chi connectivity index (χ1n) is 6.69. The number of allylic oxidation sites excluding steroid dienone is 1. The minimum atomic E-state index is -1.17. The number of amides is 1. The second-order valence-corrected chi connectivity index (χ2v) is 6.09. The first kappa shape index (κ1) is 17.6. The second kappa shape index (κ2) is 6.54. The summed E-state index contributed by atoms with van der Waals surface area (Å²) in [5.74, 6) is -0.552. The summed E-state index contributed by atoms with van der Waals surface area (Å²) < 4.78 is 0. The summed E-state index contributed by atoms with van der Waals surface area (Å²) in [6.45, 7) is 9.31. The molecule has 1 atom stereocenters. The summed E-state index contributed by atoms with van der Waals surface area (Å²) in [6, 6.07) is 0. The third-order valence-corrected chi connectivity index (χ3v) is 4.18. The molecule has 0 aliphatic carbocycles. The number of aliphatic imine (C=N–C) groups is 1. The van der Waals surface area contributed by atoms with Gasteiger partial charge in [-0.2, -0.15) is 0 Å². The number of rotatable bonds is 5. The van der Waals surface area contributed by atoms with Gasteiger partial charge < -0.3 is 5.11 Å². The fourth-order valence-electron chi connectivity index (χ4n) is 2.31. The Kier molecular flexibility index (Phi) is 5.48. The molecule has 0 radical (unpaired) electrons. The summed E-state index contributed by atoms with van der Waals surface area (Å²) in [5, 5.41) is 18.1. The van der Waals surface area contributed by atoms with E-state index in [1.54, 1.807) is 20.0 Å². The van der Waals surface area contributed by atoms with Crippen molar-refractivity contribution in [1.82, 2.24) is 4.90 Å². The lowest BCUT2D eigenvalue weighted by Gasteiger charge is -2.28. The van der Waals surface area contributed by atoms with Crippen molar-refractivity contribution in [3.63, 3.8) is 0 Å². The summed E-state index contributed by atoms with van der Waals surface area (Å²) in [5.41, 5.74) is 0.878. The van der Waals surface area contributed by atoms with Crippen molar-refractivity contribution in [3.05, 3.63) is 23.3 Å². The number of amidine groups is 1. The molecule has 0 saturated carbocycles. The Bertz CT molecular complexity index is 535. The predicted molar refractivity (Wildman–Crippen MR) is 85.7 cm³/mol.